The first-order valence-corrected chi connectivity index (χ1v) is 6.40. The lowest BCUT2D eigenvalue weighted by molar-refractivity contribution is 0.104. The van der Waals surface area contributed by atoms with Crippen LogP contribution >= 0.6 is 11.3 Å². The molecule has 1 aliphatic rings. The van der Waals surface area contributed by atoms with E-state index in [1.165, 1.54) is 11.3 Å². The van der Waals surface area contributed by atoms with Gasteiger partial charge in [0.15, 0.2) is 0 Å². The van der Waals surface area contributed by atoms with Crippen LogP contribution in [0, 0.1) is 13.8 Å². The number of carbonyl (C=O) groups excluding carboxylic acids is 1. The summed E-state index contributed by atoms with van der Waals surface area (Å²) in [5.74, 6) is 0.849. The molecule has 0 spiro atoms. The summed E-state index contributed by atoms with van der Waals surface area (Å²) in [5, 5.41) is 1.95. The van der Waals surface area contributed by atoms with Crippen LogP contribution in [0.3, 0.4) is 0 Å². The highest BCUT2D eigenvalue weighted by Crippen LogP contribution is 2.35. The molecule has 0 unspecified atom stereocenters. The van der Waals surface area contributed by atoms with Crippen LogP contribution < -0.4 is 4.74 Å². The summed E-state index contributed by atoms with van der Waals surface area (Å²) in [5.41, 5.74) is 3.73. The van der Waals surface area contributed by atoms with Crippen molar-refractivity contribution in [3.63, 3.8) is 0 Å². The zero-order chi connectivity index (χ0) is 12.0. The van der Waals surface area contributed by atoms with Crippen LogP contribution in [0.25, 0.3) is 0 Å². The SMILES string of the molecule is Cc1ccc(C)c2c1OCc1ccsc1C2=O. The van der Waals surface area contributed by atoms with E-state index in [1.807, 2.05) is 37.4 Å². The molecule has 0 amide bonds. The molecule has 0 N–H and O–H groups in total. The Kier molecular flexibility index (Phi) is 2.30. The van der Waals surface area contributed by atoms with Crippen molar-refractivity contribution in [2.24, 2.45) is 0 Å². The highest BCUT2D eigenvalue weighted by Gasteiger charge is 2.25. The molecule has 3 rings (SSSR count). The third-order valence-corrected chi connectivity index (χ3v) is 4.07. The number of benzene rings is 1. The molecule has 2 heterocycles. The normalized spacial score (nSPS) is 13.6. The highest BCUT2D eigenvalue weighted by molar-refractivity contribution is 7.12. The molecule has 2 nitrogen and oxygen atoms in total. The van der Waals surface area contributed by atoms with E-state index in [-0.39, 0.29) is 5.78 Å². The lowest BCUT2D eigenvalue weighted by atomic mass is 9.99. The first-order valence-electron chi connectivity index (χ1n) is 5.52. The molecule has 0 aliphatic carbocycles. The van der Waals surface area contributed by atoms with Crippen molar-refractivity contribution in [3.8, 4) is 5.75 Å². The van der Waals surface area contributed by atoms with E-state index in [1.54, 1.807) is 0 Å². The minimum absolute atomic E-state index is 0.101. The number of carbonyl (C=O) groups is 1. The minimum Gasteiger partial charge on any atom is -0.488 e. The number of fused-ring (bicyclic) bond motifs is 2. The standard InChI is InChI=1S/C14H12O2S/c1-8-3-4-9(2)13-11(8)12(15)14-10(7-16-13)5-6-17-14/h3-6H,7H2,1-2H3. The van der Waals surface area contributed by atoms with Gasteiger partial charge in [-0.1, -0.05) is 12.1 Å². The minimum atomic E-state index is 0.101. The number of thiophene rings is 1. The molecule has 0 saturated heterocycles. The first-order chi connectivity index (χ1) is 8.18. The van der Waals surface area contributed by atoms with Crippen LogP contribution in [-0.4, -0.2) is 5.78 Å². The second-order valence-electron chi connectivity index (χ2n) is 4.30. The van der Waals surface area contributed by atoms with Crippen molar-refractivity contribution in [2.75, 3.05) is 0 Å². The maximum Gasteiger partial charge on any atom is 0.207 e. The van der Waals surface area contributed by atoms with Gasteiger partial charge in [0.05, 0.1) is 10.4 Å². The van der Waals surface area contributed by atoms with Crippen LogP contribution in [0.4, 0.5) is 0 Å². The molecule has 1 aromatic carbocycles. The van der Waals surface area contributed by atoms with Gasteiger partial charge in [-0.25, -0.2) is 0 Å². The largest absolute Gasteiger partial charge is 0.488 e. The van der Waals surface area contributed by atoms with Gasteiger partial charge in [0.1, 0.15) is 12.4 Å². The summed E-state index contributed by atoms with van der Waals surface area (Å²) in [7, 11) is 0. The number of aryl methyl sites for hydroxylation is 2. The molecule has 0 bridgehead atoms. The van der Waals surface area contributed by atoms with Gasteiger partial charge in [-0.2, -0.15) is 0 Å². The first kappa shape index (κ1) is 10.5. The number of ketones is 1. The lowest BCUT2D eigenvalue weighted by Crippen LogP contribution is -2.03. The molecule has 86 valence electrons. The summed E-state index contributed by atoms with van der Waals surface area (Å²) in [6.07, 6.45) is 0. The van der Waals surface area contributed by atoms with Crippen LogP contribution in [0.1, 0.15) is 31.9 Å². The lowest BCUT2D eigenvalue weighted by Gasteiger charge is -2.11. The molecule has 2 aromatic rings. The number of hydrogen-bond donors (Lipinski definition) is 0. The predicted octanol–water partition coefficient (Wildman–Crippen LogP) is 3.49. The summed E-state index contributed by atoms with van der Waals surface area (Å²) >= 11 is 1.50. The predicted molar refractivity (Wildman–Crippen MR) is 68.0 cm³/mol. The zero-order valence-electron chi connectivity index (χ0n) is 9.74. The van der Waals surface area contributed by atoms with Crippen LogP contribution in [0.5, 0.6) is 5.75 Å². The van der Waals surface area contributed by atoms with E-state index in [9.17, 15) is 4.79 Å². The molecule has 0 fully saturated rings. The molecule has 0 atom stereocenters. The van der Waals surface area contributed by atoms with Crippen LogP contribution in [0.2, 0.25) is 0 Å². The Hall–Kier alpha value is -1.61. The van der Waals surface area contributed by atoms with Gasteiger partial charge < -0.3 is 4.74 Å². The van der Waals surface area contributed by atoms with E-state index in [4.69, 9.17) is 4.74 Å². The maximum absolute atomic E-state index is 12.5. The fraction of sp³-hybridized carbons (Fsp3) is 0.214. The van der Waals surface area contributed by atoms with Gasteiger partial charge in [-0.05, 0) is 36.4 Å². The number of rotatable bonds is 0. The Balaban J connectivity index is 2.29. The third-order valence-electron chi connectivity index (χ3n) is 3.11. The van der Waals surface area contributed by atoms with Crippen molar-refractivity contribution in [3.05, 3.63) is 50.7 Å². The molecule has 1 aromatic heterocycles. The topological polar surface area (TPSA) is 26.3 Å². The Morgan fingerprint density at radius 1 is 1.18 bits per heavy atom. The van der Waals surface area contributed by atoms with E-state index < -0.39 is 0 Å². The van der Waals surface area contributed by atoms with Gasteiger partial charge in [0.2, 0.25) is 5.78 Å². The third kappa shape index (κ3) is 1.50. The quantitative estimate of drug-likeness (QED) is 0.709. The Morgan fingerprint density at radius 2 is 1.94 bits per heavy atom. The summed E-state index contributed by atoms with van der Waals surface area (Å²) in [6.45, 7) is 4.42. The molecular formula is C14H12O2S. The van der Waals surface area contributed by atoms with Gasteiger partial charge in [0.25, 0.3) is 0 Å². The average molecular weight is 244 g/mol. The zero-order valence-corrected chi connectivity index (χ0v) is 10.6. The second kappa shape index (κ2) is 3.70. The fourth-order valence-corrected chi connectivity index (χ4v) is 3.02. The van der Waals surface area contributed by atoms with Crippen LogP contribution in [-0.2, 0) is 6.61 Å². The van der Waals surface area contributed by atoms with Gasteiger partial charge in [0, 0.05) is 5.56 Å². The van der Waals surface area contributed by atoms with Gasteiger partial charge in [-0.15, -0.1) is 11.3 Å². The van der Waals surface area contributed by atoms with Crippen LogP contribution in [0.15, 0.2) is 23.6 Å². The van der Waals surface area contributed by atoms with Crippen molar-refractivity contribution in [1.82, 2.24) is 0 Å². The van der Waals surface area contributed by atoms with E-state index in [2.05, 4.69) is 0 Å². The highest BCUT2D eigenvalue weighted by atomic mass is 32.1. The smallest absolute Gasteiger partial charge is 0.207 e. The number of hydrogen-bond acceptors (Lipinski definition) is 3. The molecule has 0 saturated carbocycles. The second-order valence-corrected chi connectivity index (χ2v) is 5.21. The van der Waals surface area contributed by atoms with E-state index in [0.717, 1.165) is 32.9 Å². The summed E-state index contributed by atoms with van der Waals surface area (Å²) < 4.78 is 5.80. The molecule has 1 aliphatic heterocycles. The monoisotopic (exact) mass is 244 g/mol. The fourth-order valence-electron chi connectivity index (χ4n) is 2.17. The maximum atomic E-state index is 12.5. The number of ether oxygens (including phenoxy) is 1. The van der Waals surface area contributed by atoms with Gasteiger partial charge >= 0.3 is 0 Å². The molecular weight excluding hydrogens is 232 g/mol. The summed E-state index contributed by atoms with van der Waals surface area (Å²) in [4.78, 5) is 13.3. The van der Waals surface area contributed by atoms with Crippen molar-refractivity contribution in [2.45, 2.75) is 20.5 Å². The van der Waals surface area contributed by atoms with Crippen molar-refractivity contribution < 1.29 is 9.53 Å². The Labute approximate surface area is 104 Å². The summed E-state index contributed by atoms with van der Waals surface area (Å²) in [6, 6.07) is 5.95. The average Bonchev–Trinajstić information content (AvgIpc) is 2.72. The van der Waals surface area contributed by atoms with Crippen molar-refractivity contribution >= 4 is 17.1 Å². The molecule has 3 heteroatoms. The van der Waals surface area contributed by atoms with Gasteiger partial charge in [-0.3, -0.25) is 4.79 Å². The van der Waals surface area contributed by atoms with E-state index >= 15 is 0 Å². The Morgan fingerprint density at radius 3 is 2.76 bits per heavy atom. The molecule has 17 heavy (non-hydrogen) atoms. The van der Waals surface area contributed by atoms with E-state index in [0.29, 0.717) is 6.61 Å². The van der Waals surface area contributed by atoms with Crippen molar-refractivity contribution in [1.29, 1.82) is 0 Å². The Bertz CT molecular complexity index is 611. The molecule has 0 radical (unpaired) electrons.